The standard InChI is InChI=1S/C10H8N2O/c1-2-3-6-12-7-4-5-9(8-11)10(12)13/h1,4-5,7H,3,6H2. The summed E-state index contributed by atoms with van der Waals surface area (Å²) in [6, 6.07) is 4.98. The molecule has 13 heavy (non-hydrogen) atoms. The zero-order valence-electron chi connectivity index (χ0n) is 7.03. The molecule has 0 unspecified atom stereocenters. The number of hydrogen-bond donors (Lipinski definition) is 0. The molecule has 0 saturated heterocycles. The maximum Gasteiger partial charge on any atom is 0.268 e. The van der Waals surface area contributed by atoms with Crippen molar-refractivity contribution in [2.75, 3.05) is 0 Å². The smallest absolute Gasteiger partial charge is 0.268 e. The lowest BCUT2D eigenvalue weighted by Gasteiger charge is -2.01. The maximum atomic E-state index is 11.4. The second-order valence-corrected chi connectivity index (χ2v) is 2.49. The molecule has 0 N–H and O–H groups in total. The third-order valence-electron chi connectivity index (χ3n) is 1.64. The molecular weight excluding hydrogens is 164 g/mol. The van der Waals surface area contributed by atoms with Crippen LogP contribution in [0.5, 0.6) is 0 Å². The van der Waals surface area contributed by atoms with Gasteiger partial charge in [0.15, 0.2) is 0 Å². The number of pyridine rings is 1. The zero-order chi connectivity index (χ0) is 9.68. The minimum Gasteiger partial charge on any atom is -0.313 e. The molecule has 1 heterocycles. The van der Waals surface area contributed by atoms with Crippen molar-refractivity contribution in [1.29, 1.82) is 5.26 Å². The van der Waals surface area contributed by atoms with Gasteiger partial charge in [0.1, 0.15) is 11.6 Å². The predicted octanol–water partition coefficient (Wildman–Crippen LogP) is 0.743. The molecule has 0 amide bonds. The van der Waals surface area contributed by atoms with Crippen molar-refractivity contribution in [2.24, 2.45) is 0 Å². The Kier molecular flexibility index (Phi) is 2.89. The van der Waals surface area contributed by atoms with Gasteiger partial charge in [-0.3, -0.25) is 4.79 Å². The monoisotopic (exact) mass is 172 g/mol. The summed E-state index contributed by atoms with van der Waals surface area (Å²) in [6.07, 6.45) is 7.19. The highest BCUT2D eigenvalue weighted by Gasteiger charge is 1.99. The summed E-state index contributed by atoms with van der Waals surface area (Å²) in [6.45, 7) is 0.463. The summed E-state index contributed by atoms with van der Waals surface area (Å²) < 4.78 is 1.44. The van der Waals surface area contributed by atoms with Gasteiger partial charge in [0.05, 0.1) is 0 Å². The third-order valence-corrected chi connectivity index (χ3v) is 1.64. The van der Waals surface area contributed by atoms with Crippen LogP contribution in [0, 0.1) is 23.7 Å². The van der Waals surface area contributed by atoms with E-state index in [4.69, 9.17) is 11.7 Å². The zero-order valence-corrected chi connectivity index (χ0v) is 7.03. The molecule has 0 aliphatic heterocycles. The van der Waals surface area contributed by atoms with Crippen LogP contribution >= 0.6 is 0 Å². The van der Waals surface area contributed by atoms with Crippen molar-refractivity contribution < 1.29 is 0 Å². The molecule has 1 aromatic heterocycles. The average Bonchev–Trinajstić information content (AvgIpc) is 2.16. The van der Waals surface area contributed by atoms with E-state index in [2.05, 4.69) is 5.92 Å². The van der Waals surface area contributed by atoms with Crippen molar-refractivity contribution in [3.63, 3.8) is 0 Å². The molecule has 0 aromatic carbocycles. The molecule has 3 heteroatoms. The second-order valence-electron chi connectivity index (χ2n) is 2.49. The largest absolute Gasteiger partial charge is 0.313 e. The number of nitriles is 1. The molecule has 0 bridgehead atoms. The number of aryl methyl sites for hydroxylation is 1. The van der Waals surface area contributed by atoms with Crippen LogP contribution in [0.2, 0.25) is 0 Å². The lowest BCUT2D eigenvalue weighted by molar-refractivity contribution is 0.687. The first kappa shape index (κ1) is 9.09. The Balaban J connectivity index is 3.05. The molecule has 0 spiro atoms. The number of rotatable bonds is 2. The first-order valence-corrected chi connectivity index (χ1v) is 3.82. The highest BCUT2D eigenvalue weighted by atomic mass is 16.1. The van der Waals surface area contributed by atoms with Gasteiger partial charge in [-0.2, -0.15) is 5.26 Å². The van der Waals surface area contributed by atoms with E-state index in [1.165, 1.54) is 10.6 Å². The van der Waals surface area contributed by atoms with Crippen molar-refractivity contribution in [3.05, 3.63) is 34.2 Å². The predicted molar refractivity (Wildman–Crippen MR) is 48.9 cm³/mol. The Morgan fingerprint density at radius 2 is 2.38 bits per heavy atom. The summed E-state index contributed by atoms with van der Waals surface area (Å²) >= 11 is 0. The van der Waals surface area contributed by atoms with E-state index in [0.29, 0.717) is 13.0 Å². The topological polar surface area (TPSA) is 45.8 Å². The molecule has 0 aliphatic carbocycles. The highest BCUT2D eigenvalue weighted by Crippen LogP contribution is 1.90. The highest BCUT2D eigenvalue weighted by molar-refractivity contribution is 5.24. The van der Waals surface area contributed by atoms with Crippen LogP contribution < -0.4 is 5.56 Å². The minimum absolute atomic E-state index is 0.152. The van der Waals surface area contributed by atoms with Gasteiger partial charge in [-0.1, -0.05) is 0 Å². The quantitative estimate of drug-likeness (QED) is 0.618. The Bertz CT molecular complexity index is 431. The normalized spacial score (nSPS) is 8.77. The lowest BCUT2D eigenvalue weighted by Crippen LogP contribution is -2.21. The number of hydrogen-bond acceptors (Lipinski definition) is 2. The van der Waals surface area contributed by atoms with Crippen LogP contribution in [-0.2, 0) is 6.54 Å². The van der Waals surface area contributed by atoms with Gasteiger partial charge in [0.2, 0.25) is 0 Å². The maximum absolute atomic E-state index is 11.4. The molecule has 0 atom stereocenters. The Morgan fingerprint density at radius 3 is 3.00 bits per heavy atom. The molecule has 1 aromatic rings. The van der Waals surface area contributed by atoms with Gasteiger partial charge in [0, 0.05) is 19.2 Å². The molecule has 1 rings (SSSR count). The van der Waals surface area contributed by atoms with Crippen molar-refractivity contribution in [1.82, 2.24) is 4.57 Å². The van der Waals surface area contributed by atoms with E-state index in [1.54, 1.807) is 12.3 Å². The Labute approximate surface area is 76.2 Å². The van der Waals surface area contributed by atoms with E-state index in [9.17, 15) is 4.79 Å². The second kappa shape index (κ2) is 4.13. The van der Waals surface area contributed by atoms with E-state index in [-0.39, 0.29) is 11.1 Å². The van der Waals surface area contributed by atoms with Crippen molar-refractivity contribution >= 4 is 0 Å². The van der Waals surface area contributed by atoms with Crippen molar-refractivity contribution in [2.45, 2.75) is 13.0 Å². The molecule has 3 nitrogen and oxygen atoms in total. The molecule has 0 aliphatic rings. The van der Waals surface area contributed by atoms with E-state index in [0.717, 1.165) is 0 Å². The van der Waals surface area contributed by atoms with E-state index < -0.39 is 0 Å². The minimum atomic E-state index is -0.278. The van der Waals surface area contributed by atoms with Crippen LogP contribution in [-0.4, -0.2) is 4.57 Å². The summed E-state index contributed by atoms with van der Waals surface area (Å²) in [4.78, 5) is 11.4. The van der Waals surface area contributed by atoms with Gasteiger partial charge in [-0.05, 0) is 12.1 Å². The van der Waals surface area contributed by atoms with Crippen LogP contribution in [0.3, 0.4) is 0 Å². The Hall–Kier alpha value is -2.00. The van der Waals surface area contributed by atoms with Gasteiger partial charge in [-0.15, -0.1) is 12.3 Å². The van der Waals surface area contributed by atoms with Crippen LogP contribution in [0.4, 0.5) is 0 Å². The average molecular weight is 172 g/mol. The van der Waals surface area contributed by atoms with Gasteiger partial charge in [-0.25, -0.2) is 0 Å². The fourth-order valence-electron chi connectivity index (χ4n) is 0.983. The third kappa shape index (κ3) is 1.98. The number of aromatic nitrogens is 1. The molecule has 0 fully saturated rings. The molecule has 0 saturated carbocycles. The molecule has 0 radical (unpaired) electrons. The van der Waals surface area contributed by atoms with Crippen LogP contribution in [0.15, 0.2) is 23.1 Å². The summed E-state index contributed by atoms with van der Waals surface area (Å²) in [5.74, 6) is 2.44. The van der Waals surface area contributed by atoms with E-state index in [1.807, 2.05) is 6.07 Å². The van der Waals surface area contributed by atoms with Gasteiger partial charge >= 0.3 is 0 Å². The summed E-state index contributed by atoms with van der Waals surface area (Å²) in [5, 5.41) is 8.56. The first-order valence-electron chi connectivity index (χ1n) is 3.82. The lowest BCUT2D eigenvalue weighted by atomic mass is 10.3. The first-order chi connectivity index (χ1) is 6.29. The molecule has 64 valence electrons. The van der Waals surface area contributed by atoms with Crippen LogP contribution in [0.25, 0.3) is 0 Å². The fourth-order valence-corrected chi connectivity index (χ4v) is 0.983. The fraction of sp³-hybridized carbons (Fsp3) is 0.200. The SMILES string of the molecule is C#CCCn1cccc(C#N)c1=O. The summed E-state index contributed by atoms with van der Waals surface area (Å²) in [7, 11) is 0. The number of nitrogens with zero attached hydrogens (tertiary/aromatic N) is 2. The van der Waals surface area contributed by atoms with Gasteiger partial charge < -0.3 is 4.57 Å². The number of terminal acetylenes is 1. The van der Waals surface area contributed by atoms with Gasteiger partial charge in [0.25, 0.3) is 5.56 Å². The van der Waals surface area contributed by atoms with Crippen molar-refractivity contribution in [3.8, 4) is 18.4 Å². The van der Waals surface area contributed by atoms with Crippen LogP contribution in [0.1, 0.15) is 12.0 Å². The Morgan fingerprint density at radius 1 is 1.62 bits per heavy atom. The molecular formula is C10H8N2O. The summed E-state index contributed by atoms with van der Waals surface area (Å²) in [5.41, 5.74) is -0.125. The van der Waals surface area contributed by atoms with E-state index >= 15 is 0 Å².